The Bertz CT molecular complexity index is 3390. The van der Waals surface area contributed by atoms with Crippen molar-refractivity contribution in [2.24, 2.45) is 0 Å². The fourth-order valence-corrected chi connectivity index (χ4v) is 10.1. The van der Waals surface area contributed by atoms with Crippen molar-refractivity contribution in [3.8, 4) is 33.4 Å². The van der Waals surface area contributed by atoms with Gasteiger partial charge in [-0.3, -0.25) is 0 Å². The lowest BCUT2D eigenvalue weighted by atomic mass is 9.85. The summed E-state index contributed by atoms with van der Waals surface area (Å²) in [6, 6.07) is 59.2. The summed E-state index contributed by atoms with van der Waals surface area (Å²) < 4.78 is 15.1. The molecule has 0 atom stereocenters. The molecule has 246 valence electrons. The molecule has 3 heterocycles. The van der Waals surface area contributed by atoms with Crippen LogP contribution in [0.3, 0.4) is 0 Å². The van der Waals surface area contributed by atoms with E-state index in [2.05, 4.69) is 152 Å². The van der Waals surface area contributed by atoms with Gasteiger partial charge >= 0.3 is 0 Å². The molecule has 0 saturated heterocycles. The molecule has 0 amide bonds. The normalized spacial score (nSPS) is 12.2. The van der Waals surface area contributed by atoms with Gasteiger partial charge in [-0.05, 0) is 78.8 Å². The van der Waals surface area contributed by atoms with Gasteiger partial charge in [-0.1, -0.05) is 140 Å². The molecule has 0 radical (unpaired) electrons. The van der Waals surface area contributed by atoms with Gasteiger partial charge in [0.15, 0.2) is 5.58 Å². The SMILES string of the molecule is c1ccc(-c2coc3c2ccc2c4cccc(-c5c6ccccc6c(-c6ccc7c(ccc8oc9ccccc9c87)c6)c6ccccc56)c4sc23)cc1. The Balaban J connectivity index is 1.11. The molecule has 0 unspecified atom stereocenters. The minimum Gasteiger partial charge on any atom is -0.462 e. The van der Waals surface area contributed by atoms with Crippen molar-refractivity contribution in [1.29, 1.82) is 0 Å². The summed E-state index contributed by atoms with van der Waals surface area (Å²) in [6.07, 6.45) is 1.91. The summed E-state index contributed by atoms with van der Waals surface area (Å²) >= 11 is 1.84. The Morgan fingerprint density at radius 3 is 1.81 bits per heavy atom. The van der Waals surface area contributed by atoms with E-state index in [1.807, 2.05) is 29.7 Å². The van der Waals surface area contributed by atoms with E-state index in [9.17, 15) is 0 Å². The van der Waals surface area contributed by atoms with Crippen LogP contribution in [0.2, 0.25) is 0 Å². The lowest BCUT2D eigenvalue weighted by molar-refractivity contribution is 0.621. The fourth-order valence-electron chi connectivity index (χ4n) is 8.82. The van der Waals surface area contributed by atoms with Gasteiger partial charge in [-0.2, -0.15) is 0 Å². The van der Waals surface area contributed by atoms with E-state index in [-0.39, 0.29) is 0 Å². The summed E-state index contributed by atoms with van der Waals surface area (Å²) in [5.74, 6) is 0. The quantitative estimate of drug-likeness (QED) is 0.172. The number of rotatable bonds is 3. The van der Waals surface area contributed by atoms with Crippen LogP contribution in [0.4, 0.5) is 0 Å². The zero-order valence-electron chi connectivity index (χ0n) is 28.4. The van der Waals surface area contributed by atoms with Gasteiger partial charge in [0, 0.05) is 42.8 Å². The van der Waals surface area contributed by atoms with Crippen LogP contribution >= 0.6 is 11.3 Å². The molecule has 12 rings (SSSR count). The highest BCUT2D eigenvalue weighted by Gasteiger charge is 2.21. The van der Waals surface area contributed by atoms with Crippen LogP contribution in [-0.4, -0.2) is 0 Å². The Morgan fingerprint density at radius 1 is 0.377 bits per heavy atom. The van der Waals surface area contributed by atoms with E-state index < -0.39 is 0 Å². The zero-order valence-corrected chi connectivity index (χ0v) is 29.2. The molecule has 0 bridgehead atoms. The number of furan rings is 2. The molecule has 0 aliphatic rings. The van der Waals surface area contributed by atoms with Crippen molar-refractivity contribution in [2.45, 2.75) is 0 Å². The predicted molar refractivity (Wildman–Crippen MR) is 225 cm³/mol. The minimum absolute atomic E-state index is 0.922. The summed E-state index contributed by atoms with van der Waals surface area (Å²) in [7, 11) is 0. The Labute approximate surface area is 307 Å². The van der Waals surface area contributed by atoms with E-state index in [1.165, 1.54) is 85.7 Å². The summed E-state index contributed by atoms with van der Waals surface area (Å²) in [5, 5.41) is 13.4. The number of fused-ring (bicyclic) bond motifs is 12. The lowest BCUT2D eigenvalue weighted by Crippen LogP contribution is -1.91. The lowest BCUT2D eigenvalue weighted by Gasteiger charge is -2.18. The Kier molecular flexibility index (Phi) is 5.96. The van der Waals surface area contributed by atoms with E-state index in [0.29, 0.717) is 0 Å². The number of thiophene rings is 1. The zero-order chi connectivity index (χ0) is 34.6. The molecule has 0 N–H and O–H groups in total. The van der Waals surface area contributed by atoms with Gasteiger partial charge in [-0.15, -0.1) is 11.3 Å². The van der Waals surface area contributed by atoms with Crippen LogP contribution in [0, 0.1) is 0 Å². The molecule has 53 heavy (non-hydrogen) atoms. The van der Waals surface area contributed by atoms with Crippen molar-refractivity contribution in [3.63, 3.8) is 0 Å². The van der Waals surface area contributed by atoms with Crippen LogP contribution < -0.4 is 0 Å². The molecule has 3 aromatic heterocycles. The third-order valence-corrected chi connectivity index (χ3v) is 12.4. The van der Waals surface area contributed by atoms with Gasteiger partial charge in [0.05, 0.1) is 11.0 Å². The standard InChI is InChI=1S/C50H28O2S/c1-2-11-29(12-3-1)42-28-51-48-37(42)24-25-39-38-18-10-19-41(49(38)53-50(39)48)46-35-15-6-4-13-33(35)45(34-14-5-7-16-36(34)46)31-21-23-32-30(27-31)22-26-44-47(32)40-17-8-9-20-43(40)52-44/h1-28H. The number of benzene rings is 9. The average Bonchev–Trinajstić information content (AvgIpc) is 3.94. The van der Waals surface area contributed by atoms with Crippen LogP contribution in [0.25, 0.3) is 119 Å². The van der Waals surface area contributed by atoms with Gasteiger partial charge in [0.2, 0.25) is 0 Å². The first-order chi connectivity index (χ1) is 26.3. The average molecular weight is 693 g/mol. The van der Waals surface area contributed by atoms with Gasteiger partial charge in [0.1, 0.15) is 11.2 Å². The highest BCUT2D eigenvalue weighted by atomic mass is 32.1. The van der Waals surface area contributed by atoms with Crippen molar-refractivity contribution < 1.29 is 8.83 Å². The van der Waals surface area contributed by atoms with Crippen LogP contribution in [0.5, 0.6) is 0 Å². The molecule has 0 saturated carbocycles. The number of para-hydroxylation sites is 1. The van der Waals surface area contributed by atoms with Crippen LogP contribution in [0.15, 0.2) is 179 Å². The van der Waals surface area contributed by atoms with E-state index in [1.54, 1.807) is 0 Å². The molecular formula is C50H28O2S. The first-order valence-electron chi connectivity index (χ1n) is 18.0. The molecule has 9 aromatic carbocycles. The second-order valence-corrected chi connectivity index (χ2v) is 15.0. The van der Waals surface area contributed by atoms with E-state index in [0.717, 1.165) is 33.1 Å². The third kappa shape index (κ3) is 4.08. The maximum absolute atomic E-state index is 6.37. The molecule has 0 fully saturated rings. The van der Waals surface area contributed by atoms with Gasteiger partial charge in [-0.25, -0.2) is 0 Å². The van der Waals surface area contributed by atoms with Gasteiger partial charge in [0.25, 0.3) is 0 Å². The second-order valence-electron chi connectivity index (χ2n) is 13.9. The minimum atomic E-state index is 0.922. The number of hydrogen-bond donors (Lipinski definition) is 0. The highest BCUT2D eigenvalue weighted by molar-refractivity contribution is 7.27. The van der Waals surface area contributed by atoms with E-state index >= 15 is 0 Å². The molecule has 3 heteroatoms. The van der Waals surface area contributed by atoms with Crippen molar-refractivity contribution in [2.75, 3.05) is 0 Å². The highest BCUT2D eigenvalue weighted by Crippen LogP contribution is 2.50. The monoisotopic (exact) mass is 692 g/mol. The first kappa shape index (κ1) is 29.0. The second kappa shape index (κ2) is 10.9. The maximum atomic E-state index is 6.37. The van der Waals surface area contributed by atoms with Crippen LogP contribution in [-0.2, 0) is 0 Å². The molecule has 12 aromatic rings. The Morgan fingerprint density at radius 2 is 1.02 bits per heavy atom. The Hall–Kier alpha value is -6.68. The van der Waals surface area contributed by atoms with Crippen LogP contribution in [0.1, 0.15) is 0 Å². The van der Waals surface area contributed by atoms with Gasteiger partial charge < -0.3 is 8.83 Å². The molecule has 0 aliphatic heterocycles. The summed E-state index contributed by atoms with van der Waals surface area (Å²) in [5.41, 5.74) is 10.1. The predicted octanol–water partition coefficient (Wildman–Crippen LogP) is 15.2. The summed E-state index contributed by atoms with van der Waals surface area (Å²) in [4.78, 5) is 0. The van der Waals surface area contributed by atoms with Crippen molar-refractivity contribution >= 4 is 96.7 Å². The fraction of sp³-hybridized carbons (Fsp3) is 0. The molecule has 0 spiro atoms. The number of hydrogen-bond acceptors (Lipinski definition) is 3. The molecule has 2 nitrogen and oxygen atoms in total. The van der Waals surface area contributed by atoms with Crippen molar-refractivity contribution in [1.82, 2.24) is 0 Å². The largest absolute Gasteiger partial charge is 0.462 e. The topological polar surface area (TPSA) is 26.3 Å². The van der Waals surface area contributed by atoms with E-state index in [4.69, 9.17) is 8.83 Å². The summed E-state index contributed by atoms with van der Waals surface area (Å²) in [6.45, 7) is 0. The molecular weight excluding hydrogens is 665 g/mol. The first-order valence-corrected chi connectivity index (χ1v) is 18.8. The van der Waals surface area contributed by atoms with Crippen molar-refractivity contribution in [3.05, 3.63) is 170 Å². The third-order valence-electron chi connectivity index (χ3n) is 11.1. The smallest absolute Gasteiger partial charge is 0.152 e. The maximum Gasteiger partial charge on any atom is 0.152 e. The molecule has 0 aliphatic carbocycles.